The number of urea groups is 1. The third kappa shape index (κ3) is 2.61. The van der Waals surface area contributed by atoms with Gasteiger partial charge in [-0.1, -0.05) is 18.2 Å². The van der Waals surface area contributed by atoms with Crippen molar-refractivity contribution in [2.75, 3.05) is 18.4 Å². The lowest BCUT2D eigenvalue weighted by Gasteiger charge is -2.57. The zero-order chi connectivity index (χ0) is 18.8. The minimum atomic E-state index is -0.682. The van der Waals surface area contributed by atoms with Crippen LogP contribution in [-0.4, -0.2) is 35.6 Å². The molecule has 6 nitrogen and oxygen atoms in total. The molecule has 4 saturated carbocycles. The van der Waals surface area contributed by atoms with Gasteiger partial charge in [-0.3, -0.25) is 0 Å². The molecule has 0 atom stereocenters. The monoisotopic (exact) mass is 384 g/mol. The van der Waals surface area contributed by atoms with E-state index in [0.29, 0.717) is 37.8 Å². The highest BCUT2D eigenvalue weighted by atomic mass is 17.3. The predicted molar refractivity (Wildman–Crippen MR) is 102 cm³/mol. The van der Waals surface area contributed by atoms with E-state index in [1.54, 1.807) is 0 Å². The van der Waals surface area contributed by atoms with Crippen molar-refractivity contribution in [2.45, 2.75) is 56.5 Å². The molecule has 2 amide bonds. The minimum absolute atomic E-state index is 0.0655. The Balaban J connectivity index is 1.11. The van der Waals surface area contributed by atoms with E-state index in [2.05, 4.69) is 5.32 Å². The lowest BCUT2D eigenvalue weighted by atomic mass is 9.53. The maximum Gasteiger partial charge on any atom is 0.321 e. The molecule has 1 N–H and O–H groups in total. The number of hydrogen-bond donors (Lipinski definition) is 1. The molecular formula is C22H28N2O4. The van der Waals surface area contributed by atoms with Crippen molar-refractivity contribution >= 4 is 11.7 Å². The van der Waals surface area contributed by atoms with Crippen molar-refractivity contribution in [2.24, 2.45) is 23.7 Å². The Kier molecular flexibility index (Phi) is 3.81. The van der Waals surface area contributed by atoms with Crippen LogP contribution in [0.1, 0.15) is 44.9 Å². The summed E-state index contributed by atoms with van der Waals surface area (Å²) in [5, 5.41) is 2.96. The number of carbonyl (C=O) groups is 1. The molecule has 6 aliphatic rings. The fourth-order valence-corrected chi connectivity index (χ4v) is 6.57. The van der Waals surface area contributed by atoms with Crippen LogP contribution in [0.15, 0.2) is 30.3 Å². The van der Waals surface area contributed by atoms with Crippen LogP contribution in [0, 0.1) is 23.7 Å². The topological polar surface area (TPSA) is 60.0 Å². The molecule has 28 heavy (non-hydrogen) atoms. The summed E-state index contributed by atoms with van der Waals surface area (Å²) in [6, 6.07) is 9.51. The number of carbonyl (C=O) groups excluding carboxylic acids is 1. The smallest absolute Gasteiger partial charge is 0.321 e. The van der Waals surface area contributed by atoms with E-state index >= 15 is 0 Å². The van der Waals surface area contributed by atoms with Gasteiger partial charge in [-0.2, -0.15) is 9.78 Å². The number of para-hydroxylation sites is 1. The van der Waals surface area contributed by atoms with Crippen molar-refractivity contribution in [3.8, 4) is 0 Å². The van der Waals surface area contributed by atoms with Crippen molar-refractivity contribution < 1.29 is 19.3 Å². The van der Waals surface area contributed by atoms with Gasteiger partial charge in [0.15, 0.2) is 0 Å². The fourth-order valence-electron chi connectivity index (χ4n) is 6.57. The van der Waals surface area contributed by atoms with Crippen LogP contribution in [0.3, 0.4) is 0 Å². The molecule has 7 rings (SSSR count). The van der Waals surface area contributed by atoms with Gasteiger partial charge in [-0.15, -0.1) is 0 Å². The zero-order valence-corrected chi connectivity index (χ0v) is 16.1. The molecule has 0 radical (unpaired) electrons. The molecule has 2 spiro atoms. The molecule has 1 aromatic carbocycles. The number of benzene rings is 1. The summed E-state index contributed by atoms with van der Waals surface area (Å²) in [5.41, 5.74) is 0.817. The summed E-state index contributed by atoms with van der Waals surface area (Å²) in [5.74, 6) is 1.46. The molecule has 1 aromatic rings. The van der Waals surface area contributed by atoms with Crippen LogP contribution in [0.25, 0.3) is 0 Å². The van der Waals surface area contributed by atoms with Crippen LogP contribution in [0.5, 0.6) is 0 Å². The van der Waals surface area contributed by atoms with Gasteiger partial charge in [0.05, 0.1) is 0 Å². The first-order valence-electron chi connectivity index (χ1n) is 10.8. The maximum absolute atomic E-state index is 12.6. The number of hydrogen-bond acceptors (Lipinski definition) is 4. The van der Waals surface area contributed by atoms with E-state index in [4.69, 9.17) is 14.5 Å². The van der Waals surface area contributed by atoms with Crippen LogP contribution in [0.2, 0.25) is 0 Å². The van der Waals surface area contributed by atoms with E-state index in [1.807, 2.05) is 35.2 Å². The summed E-state index contributed by atoms with van der Waals surface area (Å²) in [6.45, 7) is 1.22. The standard InChI is InChI=1S/C22H28N2O4/c25-20(23-19-4-2-1-3-5-19)24-8-6-21(7-9-24)26-22(28-27-21)17-11-15-10-16(13-17)14-18(22)12-15/h1-5,15-18H,6-14H2,(H,23,25). The number of piperidine rings is 1. The van der Waals surface area contributed by atoms with Crippen LogP contribution < -0.4 is 5.32 Å². The Labute approximate surface area is 165 Å². The number of nitrogens with one attached hydrogen (secondary N) is 1. The van der Waals surface area contributed by atoms with Crippen LogP contribution in [0.4, 0.5) is 10.5 Å². The summed E-state index contributed by atoms with van der Waals surface area (Å²) >= 11 is 0. The average Bonchev–Trinajstić information content (AvgIpc) is 3.07. The number of anilines is 1. The summed E-state index contributed by atoms with van der Waals surface area (Å²) in [6.07, 6.45) is 7.60. The lowest BCUT2D eigenvalue weighted by molar-refractivity contribution is -0.390. The SMILES string of the molecule is O=C(Nc1ccccc1)N1CCC2(CC1)OOC1(O2)C2CC3CC(C2)CC1C3. The van der Waals surface area contributed by atoms with Gasteiger partial charge >= 0.3 is 6.03 Å². The van der Waals surface area contributed by atoms with Crippen LogP contribution in [-0.2, 0) is 14.5 Å². The molecule has 150 valence electrons. The number of nitrogens with zero attached hydrogens (tertiary/aromatic N) is 1. The fraction of sp³-hybridized carbons (Fsp3) is 0.682. The Bertz CT molecular complexity index is 731. The quantitative estimate of drug-likeness (QED) is 0.739. The van der Waals surface area contributed by atoms with E-state index in [9.17, 15) is 4.79 Å². The van der Waals surface area contributed by atoms with Crippen molar-refractivity contribution in [3.63, 3.8) is 0 Å². The van der Waals surface area contributed by atoms with Gasteiger partial charge in [0, 0.05) is 43.5 Å². The number of rotatable bonds is 1. The second-order valence-electron chi connectivity index (χ2n) is 9.49. The molecule has 4 aliphatic carbocycles. The number of amides is 2. The summed E-state index contributed by atoms with van der Waals surface area (Å²) in [4.78, 5) is 26.4. The first kappa shape index (κ1) is 17.2. The molecule has 6 heteroatoms. The maximum atomic E-state index is 12.6. The number of likely N-dealkylation sites (tertiary alicyclic amines) is 1. The molecule has 2 heterocycles. The normalized spacial score (nSPS) is 40.4. The largest absolute Gasteiger partial charge is 0.324 e. The van der Waals surface area contributed by atoms with Crippen LogP contribution >= 0.6 is 0 Å². The molecule has 2 aliphatic heterocycles. The van der Waals surface area contributed by atoms with Gasteiger partial charge in [0.25, 0.3) is 0 Å². The van der Waals surface area contributed by atoms with Gasteiger partial charge < -0.3 is 15.0 Å². The third-order valence-corrected chi connectivity index (χ3v) is 7.78. The molecule has 0 aromatic heterocycles. The highest BCUT2D eigenvalue weighted by Crippen LogP contribution is 2.63. The average molecular weight is 384 g/mol. The minimum Gasteiger partial charge on any atom is -0.324 e. The molecule has 2 saturated heterocycles. The zero-order valence-electron chi connectivity index (χ0n) is 16.1. The van der Waals surface area contributed by atoms with E-state index in [0.717, 1.165) is 17.5 Å². The second-order valence-corrected chi connectivity index (χ2v) is 9.49. The first-order valence-corrected chi connectivity index (χ1v) is 10.8. The highest BCUT2D eigenvalue weighted by Gasteiger charge is 2.66. The summed E-state index contributed by atoms with van der Waals surface area (Å²) in [7, 11) is 0. The van der Waals surface area contributed by atoms with Gasteiger partial charge in [-0.25, -0.2) is 4.79 Å². The summed E-state index contributed by atoms with van der Waals surface area (Å²) < 4.78 is 6.70. The van der Waals surface area contributed by atoms with E-state index in [1.165, 1.54) is 32.1 Å². The first-order chi connectivity index (χ1) is 13.6. The second kappa shape index (κ2) is 6.18. The number of ether oxygens (including phenoxy) is 1. The molecule has 4 bridgehead atoms. The van der Waals surface area contributed by atoms with Gasteiger partial charge in [-0.05, 0) is 56.1 Å². The Morgan fingerprint density at radius 2 is 1.57 bits per heavy atom. The molecule has 6 fully saturated rings. The van der Waals surface area contributed by atoms with E-state index in [-0.39, 0.29) is 6.03 Å². The van der Waals surface area contributed by atoms with E-state index < -0.39 is 11.6 Å². The van der Waals surface area contributed by atoms with Crippen molar-refractivity contribution in [1.29, 1.82) is 0 Å². The van der Waals surface area contributed by atoms with Crippen molar-refractivity contribution in [1.82, 2.24) is 4.90 Å². The highest BCUT2D eigenvalue weighted by molar-refractivity contribution is 5.89. The molecular weight excluding hydrogens is 356 g/mol. The van der Waals surface area contributed by atoms with Gasteiger partial charge in [0.1, 0.15) is 0 Å². The lowest BCUT2D eigenvalue weighted by Crippen LogP contribution is -2.59. The molecule has 0 unspecified atom stereocenters. The predicted octanol–water partition coefficient (Wildman–Crippen LogP) is 4.14. The Morgan fingerprint density at radius 1 is 0.929 bits per heavy atom. The van der Waals surface area contributed by atoms with Gasteiger partial charge in [0.2, 0.25) is 11.6 Å². The van der Waals surface area contributed by atoms with Crippen molar-refractivity contribution in [3.05, 3.63) is 30.3 Å². The Morgan fingerprint density at radius 3 is 2.21 bits per heavy atom. The third-order valence-electron chi connectivity index (χ3n) is 7.78. The Hall–Kier alpha value is -1.63.